The van der Waals surface area contributed by atoms with E-state index in [-0.39, 0.29) is 0 Å². The number of hydrogen-bond donors (Lipinski definition) is 1. The maximum atomic E-state index is 4.33. The topological polar surface area (TPSA) is 41.6 Å². The summed E-state index contributed by atoms with van der Waals surface area (Å²) < 4.78 is 0. The number of H-pyrrole nitrogens is 1. The molecule has 2 aromatic heterocycles. The number of pyridine rings is 1. The summed E-state index contributed by atoms with van der Waals surface area (Å²) in [5.74, 6) is 0. The van der Waals surface area contributed by atoms with Crippen molar-refractivity contribution < 1.29 is 0 Å². The normalized spacial score (nSPS) is 10.9. The number of aromatic nitrogens is 3. The molecule has 2 aromatic rings. The van der Waals surface area contributed by atoms with E-state index in [0.29, 0.717) is 0 Å². The van der Waals surface area contributed by atoms with Crippen molar-refractivity contribution in [2.75, 3.05) is 0 Å². The first kappa shape index (κ1) is 9.19. The number of fused-ring (bicyclic) bond motifs is 1. The molecular weight excluding hydrogens is 174 g/mol. The van der Waals surface area contributed by atoms with E-state index in [1.807, 2.05) is 18.3 Å². The number of hydrogen-bond acceptors (Lipinski definition) is 2. The average Bonchev–Trinajstić information content (AvgIpc) is 2.63. The van der Waals surface area contributed by atoms with Crippen LogP contribution in [0.1, 0.15) is 31.9 Å². The fourth-order valence-electron chi connectivity index (χ4n) is 1.62. The molecule has 0 aliphatic heterocycles. The molecule has 0 saturated heterocycles. The van der Waals surface area contributed by atoms with E-state index in [4.69, 9.17) is 0 Å². The average molecular weight is 189 g/mol. The highest BCUT2D eigenvalue weighted by atomic mass is 15.1. The zero-order valence-corrected chi connectivity index (χ0v) is 8.45. The fraction of sp³-hybridized carbons (Fsp3) is 0.455. The van der Waals surface area contributed by atoms with Gasteiger partial charge in [-0.1, -0.05) is 19.8 Å². The third kappa shape index (κ3) is 1.76. The molecule has 1 N–H and O–H groups in total. The number of rotatable bonds is 4. The second kappa shape index (κ2) is 4.22. The Morgan fingerprint density at radius 1 is 1.36 bits per heavy atom. The van der Waals surface area contributed by atoms with Gasteiger partial charge in [0.2, 0.25) is 0 Å². The van der Waals surface area contributed by atoms with Gasteiger partial charge in [0.1, 0.15) is 5.52 Å². The molecule has 0 saturated carbocycles. The molecule has 0 bridgehead atoms. The molecule has 2 heterocycles. The molecule has 0 spiro atoms. The lowest BCUT2D eigenvalue weighted by Crippen LogP contribution is -1.87. The lowest BCUT2D eigenvalue weighted by molar-refractivity contribution is 0.707. The summed E-state index contributed by atoms with van der Waals surface area (Å²) >= 11 is 0. The van der Waals surface area contributed by atoms with Gasteiger partial charge in [-0.3, -0.25) is 10.1 Å². The maximum absolute atomic E-state index is 4.33. The largest absolute Gasteiger partial charge is 0.276 e. The van der Waals surface area contributed by atoms with E-state index in [0.717, 1.165) is 23.1 Å². The molecule has 0 aliphatic carbocycles. The Morgan fingerprint density at radius 3 is 3.14 bits per heavy atom. The summed E-state index contributed by atoms with van der Waals surface area (Å²) in [5, 5.41) is 7.28. The van der Waals surface area contributed by atoms with Gasteiger partial charge in [0.15, 0.2) is 0 Å². The Kier molecular flexibility index (Phi) is 2.77. The Morgan fingerprint density at radius 2 is 2.29 bits per heavy atom. The number of unbranched alkanes of at least 4 members (excludes halogenated alkanes) is 2. The predicted molar refractivity (Wildman–Crippen MR) is 57.1 cm³/mol. The molecule has 0 aromatic carbocycles. The number of nitrogens with zero attached hydrogens (tertiary/aromatic N) is 2. The van der Waals surface area contributed by atoms with Crippen molar-refractivity contribution in [3.63, 3.8) is 0 Å². The van der Waals surface area contributed by atoms with Crippen LogP contribution in [-0.4, -0.2) is 15.2 Å². The zero-order chi connectivity index (χ0) is 9.80. The quantitative estimate of drug-likeness (QED) is 0.751. The third-order valence-electron chi connectivity index (χ3n) is 2.41. The van der Waals surface area contributed by atoms with Crippen LogP contribution >= 0.6 is 0 Å². The summed E-state index contributed by atoms with van der Waals surface area (Å²) in [5.41, 5.74) is 3.18. The number of aryl methyl sites for hydroxylation is 1. The minimum absolute atomic E-state index is 1.03. The van der Waals surface area contributed by atoms with Gasteiger partial charge in [-0.25, -0.2) is 0 Å². The lowest BCUT2D eigenvalue weighted by Gasteiger charge is -1.95. The van der Waals surface area contributed by atoms with E-state index in [9.17, 15) is 0 Å². The van der Waals surface area contributed by atoms with E-state index < -0.39 is 0 Å². The maximum Gasteiger partial charge on any atom is 0.111 e. The van der Waals surface area contributed by atoms with Gasteiger partial charge in [-0.2, -0.15) is 5.10 Å². The first-order chi connectivity index (χ1) is 6.92. The summed E-state index contributed by atoms with van der Waals surface area (Å²) in [4.78, 5) is 4.33. The molecule has 2 rings (SSSR count). The van der Waals surface area contributed by atoms with Crippen molar-refractivity contribution in [2.45, 2.75) is 32.6 Å². The van der Waals surface area contributed by atoms with Crippen molar-refractivity contribution in [1.29, 1.82) is 0 Å². The van der Waals surface area contributed by atoms with Crippen LogP contribution in [0.25, 0.3) is 11.0 Å². The van der Waals surface area contributed by atoms with Crippen molar-refractivity contribution in [3.05, 3.63) is 24.0 Å². The first-order valence-electron chi connectivity index (χ1n) is 5.20. The highest BCUT2D eigenvalue weighted by molar-refractivity contribution is 5.76. The Balaban J connectivity index is 2.17. The molecule has 0 amide bonds. The van der Waals surface area contributed by atoms with Crippen LogP contribution in [0.5, 0.6) is 0 Å². The second-order valence-electron chi connectivity index (χ2n) is 3.53. The molecule has 0 aliphatic rings. The molecule has 3 nitrogen and oxygen atoms in total. The highest BCUT2D eigenvalue weighted by Crippen LogP contribution is 2.14. The summed E-state index contributed by atoms with van der Waals surface area (Å²) in [6, 6.07) is 3.94. The fourth-order valence-corrected chi connectivity index (χ4v) is 1.62. The molecule has 0 atom stereocenters. The Hall–Kier alpha value is -1.38. The molecule has 3 heteroatoms. The van der Waals surface area contributed by atoms with Crippen LogP contribution in [0.4, 0.5) is 0 Å². The number of aromatic amines is 1. The van der Waals surface area contributed by atoms with Gasteiger partial charge in [0, 0.05) is 6.20 Å². The van der Waals surface area contributed by atoms with E-state index in [2.05, 4.69) is 22.1 Å². The lowest BCUT2D eigenvalue weighted by atomic mass is 10.1. The van der Waals surface area contributed by atoms with Crippen molar-refractivity contribution in [2.24, 2.45) is 0 Å². The van der Waals surface area contributed by atoms with E-state index >= 15 is 0 Å². The van der Waals surface area contributed by atoms with Crippen molar-refractivity contribution >= 4 is 11.0 Å². The summed E-state index contributed by atoms with van der Waals surface area (Å²) in [7, 11) is 0. The monoisotopic (exact) mass is 189 g/mol. The third-order valence-corrected chi connectivity index (χ3v) is 2.41. The van der Waals surface area contributed by atoms with Gasteiger partial charge in [0.05, 0.1) is 11.2 Å². The van der Waals surface area contributed by atoms with E-state index in [1.165, 1.54) is 19.3 Å². The second-order valence-corrected chi connectivity index (χ2v) is 3.53. The van der Waals surface area contributed by atoms with Gasteiger partial charge in [-0.15, -0.1) is 0 Å². The smallest absolute Gasteiger partial charge is 0.111 e. The SMILES string of the molecule is CCCCCc1n[nH]c2cccnc12. The standard InChI is InChI=1S/C11H15N3/c1-2-3-4-6-9-11-10(14-13-9)7-5-8-12-11/h5,7-8H,2-4,6H2,1H3,(H,13,14). The van der Waals surface area contributed by atoms with Crippen LogP contribution in [0.3, 0.4) is 0 Å². The van der Waals surface area contributed by atoms with E-state index in [1.54, 1.807) is 0 Å². The molecule has 14 heavy (non-hydrogen) atoms. The first-order valence-corrected chi connectivity index (χ1v) is 5.20. The Bertz CT molecular complexity index is 406. The van der Waals surface area contributed by atoms with Crippen LogP contribution < -0.4 is 0 Å². The molecule has 0 radical (unpaired) electrons. The van der Waals surface area contributed by atoms with Crippen LogP contribution in [0.2, 0.25) is 0 Å². The summed E-state index contributed by atoms with van der Waals surface area (Å²) in [6.45, 7) is 2.21. The van der Waals surface area contributed by atoms with Gasteiger partial charge in [0.25, 0.3) is 0 Å². The molecule has 0 fully saturated rings. The van der Waals surface area contributed by atoms with Crippen molar-refractivity contribution in [1.82, 2.24) is 15.2 Å². The van der Waals surface area contributed by atoms with Gasteiger partial charge < -0.3 is 0 Å². The van der Waals surface area contributed by atoms with Crippen molar-refractivity contribution in [3.8, 4) is 0 Å². The summed E-state index contributed by atoms with van der Waals surface area (Å²) in [6.07, 6.45) is 6.57. The highest BCUT2D eigenvalue weighted by Gasteiger charge is 2.04. The van der Waals surface area contributed by atoms with Crippen LogP contribution in [0, 0.1) is 0 Å². The van der Waals surface area contributed by atoms with Crippen LogP contribution in [-0.2, 0) is 6.42 Å². The predicted octanol–water partition coefficient (Wildman–Crippen LogP) is 2.69. The minimum atomic E-state index is 1.03. The molecule has 74 valence electrons. The molecular formula is C11H15N3. The minimum Gasteiger partial charge on any atom is -0.276 e. The van der Waals surface area contributed by atoms with Gasteiger partial charge in [-0.05, 0) is 25.0 Å². The number of nitrogens with one attached hydrogen (secondary N) is 1. The zero-order valence-electron chi connectivity index (χ0n) is 8.45. The van der Waals surface area contributed by atoms with Crippen LogP contribution in [0.15, 0.2) is 18.3 Å². The van der Waals surface area contributed by atoms with Gasteiger partial charge >= 0.3 is 0 Å². The molecule has 0 unspecified atom stereocenters. The Labute approximate surface area is 83.6 Å².